The van der Waals surface area contributed by atoms with Crippen LogP contribution in [0.1, 0.15) is 0 Å². The van der Waals surface area contributed by atoms with Crippen LogP contribution in [0, 0.1) is 0 Å². The first-order valence-corrected chi connectivity index (χ1v) is 7.92. The second-order valence-electron chi connectivity index (χ2n) is 5.10. The van der Waals surface area contributed by atoms with Crippen LogP contribution in [0.15, 0.2) is 36.5 Å². The van der Waals surface area contributed by atoms with E-state index in [2.05, 4.69) is 15.3 Å². The third-order valence-electron chi connectivity index (χ3n) is 3.46. The molecule has 4 rings (SSSR count). The van der Waals surface area contributed by atoms with Crippen LogP contribution >= 0.6 is 11.3 Å². The van der Waals surface area contributed by atoms with Gasteiger partial charge in [-0.05, 0) is 30.3 Å². The monoisotopic (exact) mass is 313 g/mol. The summed E-state index contributed by atoms with van der Waals surface area (Å²) in [6.07, 6.45) is 2.11. The minimum Gasteiger partial charge on any atom is -0.491 e. The van der Waals surface area contributed by atoms with E-state index in [0.29, 0.717) is 6.61 Å². The number of ether oxygens (including phenoxy) is 2. The van der Waals surface area contributed by atoms with Gasteiger partial charge in [0.15, 0.2) is 0 Å². The molecule has 0 amide bonds. The first kappa shape index (κ1) is 13.5. The van der Waals surface area contributed by atoms with Crippen LogP contribution < -0.4 is 10.1 Å². The largest absolute Gasteiger partial charge is 0.491 e. The Morgan fingerprint density at radius 1 is 1.36 bits per heavy atom. The van der Waals surface area contributed by atoms with E-state index in [4.69, 9.17) is 9.47 Å². The van der Waals surface area contributed by atoms with Crippen molar-refractivity contribution in [3.63, 3.8) is 0 Å². The zero-order chi connectivity index (χ0) is 14.9. The Balaban J connectivity index is 1.60. The highest BCUT2D eigenvalue weighted by molar-refractivity contribution is 7.21. The maximum Gasteiger partial charge on any atom is 0.126 e. The fraction of sp³-hybridized carbons (Fsp3) is 0.250. The van der Waals surface area contributed by atoms with Crippen LogP contribution in [0.25, 0.3) is 20.8 Å². The average molecular weight is 313 g/mol. The van der Waals surface area contributed by atoms with Gasteiger partial charge < -0.3 is 14.8 Å². The van der Waals surface area contributed by atoms with Gasteiger partial charge in [-0.1, -0.05) is 0 Å². The first-order chi connectivity index (χ1) is 10.8. The van der Waals surface area contributed by atoms with Gasteiger partial charge in [0.2, 0.25) is 0 Å². The third-order valence-corrected chi connectivity index (χ3v) is 4.53. The summed E-state index contributed by atoms with van der Waals surface area (Å²) in [5.74, 6) is 1.71. The number of hydrogen-bond donors (Lipinski definition) is 1. The van der Waals surface area contributed by atoms with Gasteiger partial charge in [0.25, 0.3) is 0 Å². The van der Waals surface area contributed by atoms with Gasteiger partial charge in [0, 0.05) is 18.8 Å². The summed E-state index contributed by atoms with van der Waals surface area (Å²) in [4.78, 5) is 9.00. The molecule has 3 aromatic rings. The standard InChI is InChI=1S/C16H15N3O2S/c1-17-15-5-2-10(7-18-15)16-19-13-4-3-11(6-14(13)22-16)20-8-12-9-21-12/h2-7,12H,8-9H2,1H3,(H,17,18)/t12-/m0/s1. The number of nitrogens with one attached hydrogen (secondary N) is 1. The Bertz CT molecular complexity index is 797. The summed E-state index contributed by atoms with van der Waals surface area (Å²) in [5, 5.41) is 3.98. The van der Waals surface area contributed by atoms with Crippen LogP contribution in [0.4, 0.5) is 5.82 Å². The number of fused-ring (bicyclic) bond motifs is 1. The normalized spacial score (nSPS) is 16.7. The number of aromatic nitrogens is 2. The van der Waals surface area contributed by atoms with Crippen LogP contribution in [-0.4, -0.2) is 36.3 Å². The molecule has 1 aromatic carbocycles. The molecule has 6 heteroatoms. The van der Waals surface area contributed by atoms with Gasteiger partial charge in [0.05, 0.1) is 16.8 Å². The molecule has 0 aliphatic carbocycles. The number of benzene rings is 1. The van der Waals surface area contributed by atoms with Crippen LogP contribution in [-0.2, 0) is 4.74 Å². The van der Waals surface area contributed by atoms with Crippen molar-refractivity contribution in [2.75, 3.05) is 25.6 Å². The van der Waals surface area contributed by atoms with Crippen molar-refractivity contribution >= 4 is 27.4 Å². The molecule has 2 aromatic heterocycles. The second kappa shape index (κ2) is 5.55. The maximum atomic E-state index is 5.72. The molecule has 1 aliphatic heterocycles. The summed E-state index contributed by atoms with van der Waals surface area (Å²) in [6, 6.07) is 9.96. The molecule has 0 bridgehead atoms. The Labute approximate surface area is 131 Å². The van der Waals surface area contributed by atoms with Crippen molar-refractivity contribution in [2.45, 2.75) is 6.10 Å². The summed E-state index contributed by atoms with van der Waals surface area (Å²) >= 11 is 1.65. The lowest BCUT2D eigenvalue weighted by Gasteiger charge is -2.02. The molecule has 1 atom stereocenters. The smallest absolute Gasteiger partial charge is 0.126 e. The predicted molar refractivity (Wildman–Crippen MR) is 87.6 cm³/mol. The topological polar surface area (TPSA) is 59.6 Å². The molecule has 0 unspecified atom stereocenters. The summed E-state index contributed by atoms with van der Waals surface area (Å²) in [5.41, 5.74) is 2.00. The van der Waals surface area contributed by atoms with Gasteiger partial charge >= 0.3 is 0 Å². The lowest BCUT2D eigenvalue weighted by molar-refractivity contribution is 0.263. The minimum absolute atomic E-state index is 0.268. The van der Waals surface area contributed by atoms with E-state index in [9.17, 15) is 0 Å². The van der Waals surface area contributed by atoms with Crippen molar-refractivity contribution < 1.29 is 9.47 Å². The second-order valence-corrected chi connectivity index (χ2v) is 6.13. The van der Waals surface area contributed by atoms with Crippen LogP contribution in [0.5, 0.6) is 5.75 Å². The van der Waals surface area contributed by atoms with Gasteiger partial charge in [0.1, 0.15) is 29.3 Å². The number of thiazole rings is 1. The summed E-state index contributed by atoms with van der Waals surface area (Å²) in [7, 11) is 1.86. The third kappa shape index (κ3) is 2.75. The molecular formula is C16H15N3O2S. The fourth-order valence-corrected chi connectivity index (χ4v) is 3.12. The van der Waals surface area contributed by atoms with Crippen molar-refractivity contribution in [3.05, 3.63) is 36.5 Å². The van der Waals surface area contributed by atoms with E-state index in [1.54, 1.807) is 11.3 Å². The number of pyridine rings is 1. The minimum atomic E-state index is 0.268. The van der Waals surface area contributed by atoms with Gasteiger partial charge in [-0.2, -0.15) is 0 Å². The SMILES string of the molecule is CNc1ccc(-c2nc3ccc(OC[C@H]4CO4)cc3s2)cn1. The highest BCUT2D eigenvalue weighted by atomic mass is 32.1. The maximum absolute atomic E-state index is 5.72. The number of nitrogens with zero attached hydrogens (tertiary/aromatic N) is 2. The van der Waals surface area contributed by atoms with E-state index in [0.717, 1.165) is 39.0 Å². The quantitative estimate of drug-likeness (QED) is 0.733. The number of rotatable bonds is 5. The Morgan fingerprint density at radius 3 is 3.00 bits per heavy atom. The lowest BCUT2D eigenvalue weighted by atomic mass is 10.3. The molecule has 1 N–H and O–H groups in total. The zero-order valence-corrected chi connectivity index (χ0v) is 12.9. The fourth-order valence-electron chi connectivity index (χ4n) is 2.14. The Morgan fingerprint density at radius 2 is 2.27 bits per heavy atom. The van der Waals surface area contributed by atoms with Crippen LogP contribution in [0.2, 0.25) is 0 Å². The lowest BCUT2D eigenvalue weighted by Crippen LogP contribution is -2.03. The van der Waals surface area contributed by atoms with Gasteiger partial charge in [-0.3, -0.25) is 0 Å². The van der Waals surface area contributed by atoms with E-state index < -0.39 is 0 Å². The molecule has 0 radical (unpaired) electrons. The van der Waals surface area contributed by atoms with Crippen molar-refractivity contribution in [1.82, 2.24) is 9.97 Å². The molecule has 0 saturated carbocycles. The van der Waals surface area contributed by atoms with Gasteiger partial charge in [-0.15, -0.1) is 11.3 Å². The summed E-state index contributed by atoms with van der Waals surface area (Å²) < 4.78 is 12.0. The zero-order valence-electron chi connectivity index (χ0n) is 12.1. The van der Waals surface area contributed by atoms with E-state index >= 15 is 0 Å². The number of hydrogen-bond acceptors (Lipinski definition) is 6. The number of epoxide rings is 1. The highest BCUT2D eigenvalue weighted by Gasteiger charge is 2.23. The Kier molecular flexibility index (Phi) is 3.40. The highest BCUT2D eigenvalue weighted by Crippen LogP contribution is 2.32. The Hall–Kier alpha value is -2.18. The van der Waals surface area contributed by atoms with Crippen molar-refractivity contribution in [3.8, 4) is 16.3 Å². The molecular weight excluding hydrogens is 298 g/mol. The molecule has 0 spiro atoms. The van der Waals surface area contributed by atoms with E-state index in [-0.39, 0.29) is 6.10 Å². The average Bonchev–Trinajstić information content (AvgIpc) is 3.30. The van der Waals surface area contributed by atoms with Crippen LogP contribution in [0.3, 0.4) is 0 Å². The van der Waals surface area contributed by atoms with Gasteiger partial charge in [-0.25, -0.2) is 9.97 Å². The molecule has 5 nitrogen and oxygen atoms in total. The van der Waals surface area contributed by atoms with E-state index in [1.165, 1.54) is 0 Å². The molecule has 22 heavy (non-hydrogen) atoms. The van der Waals surface area contributed by atoms with Crippen molar-refractivity contribution in [2.24, 2.45) is 0 Å². The van der Waals surface area contributed by atoms with E-state index in [1.807, 2.05) is 43.6 Å². The predicted octanol–water partition coefficient (Wildman–Crippen LogP) is 3.18. The molecule has 1 saturated heterocycles. The molecule has 1 aliphatic rings. The molecule has 112 valence electrons. The molecule has 3 heterocycles. The summed E-state index contributed by atoms with van der Waals surface area (Å²) in [6.45, 7) is 1.43. The molecule has 1 fully saturated rings. The number of anilines is 1. The van der Waals surface area contributed by atoms with Crippen molar-refractivity contribution in [1.29, 1.82) is 0 Å². The first-order valence-electron chi connectivity index (χ1n) is 7.11.